The number of hydrogen-bond donors (Lipinski definition) is 0. The van der Waals surface area contributed by atoms with Crippen molar-refractivity contribution in [1.82, 2.24) is 0 Å². The summed E-state index contributed by atoms with van der Waals surface area (Å²) in [5, 5.41) is 0. The maximum atomic E-state index is 2.53. The first-order valence-corrected chi connectivity index (χ1v) is 15.5. The van der Waals surface area contributed by atoms with Gasteiger partial charge in [0, 0.05) is 0 Å². The SMILES string of the molecule is C[Si](C)(C)[C]1=Cc2cccc[c]2[Bi]1[c]1ccccc1. The van der Waals surface area contributed by atoms with E-state index >= 15 is 0 Å². The Bertz CT molecular complexity index is 623. The number of benzene rings is 2. The van der Waals surface area contributed by atoms with Crippen molar-refractivity contribution in [3.05, 3.63) is 63.1 Å². The molecule has 1 aliphatic rings. The van der Waals surface area contributed by atoms with Gasteiger partial charge in [-0.1, -0.05) is 0 Å². The zero-order valence-electron chi connectivity index (χ0n) is 11.7. The minimum atomic E-state index is -1.91. The normalized spacial score (nSPS) is 15.2. The van der Waals surface area contributed by atoms with Gasteiger partial charge in [0.1, 0.15) is 0 Å². The van der Waals surface area contributed by atoms with E-state index in [0.29, 0.717) is 0 Å². The topological polar surface area (TPSA) is 0 Å². The van der Waals surface area contributed by atoms with E-state index in [1.165, 1.54) is 5.56 Å². The number of hydrogen-bond acceptors (Lipinski definition) is 0. The van der Waals surface area contributed by atoms with E-state index in [2.05, 4.69) is 80.3 Å². The summed E-state index contributed by atoms with van der Waals surface area (Å²) in [5.74, 6) is 0. The molecular formula is C17H19BiSi. The van der Waals surface area contributed by atoms with Crippen molar-refractivity contribution < 1.29 is 0 Å². The van der Waals surface area contributed by atoms with Crippen LogP contribution in [-0.4, -0.2) is 29.8 Å². The summed E-state index contributed by atoms with van der Waals surface area (Å²) in [6.07, 6.45) is 2.53. The molecule has 0 nitrogen and oxygen atoms in total. The van der Waals surface area contributed by atoms with E-state index < -0.39 is 29.8 Å². The molecule has 0 bridgehead atoms. The average molecular weight is 460 g/mol. The van der Waals surface area contributed by atoms with Crippen LogP contribution in [0.25, 0.3) is 6.08 Å². The van der Waals surface area contributed by atoms with Gasteiger partial charge in [0.25, 0.3) is 0 Å². The standard InChI is InChI=1S/C11H14Si.C6H5.Bi/c1-12(2,3)10-9-11-7-5-4-6-8-11;1-2-4-6-5-3-1;/h4-7,9H,1-3H3;1-5H;. The quantitative estimate of drug-likeness (QED) is 0.605. The molecule has 0 aromatic heterocycles. The van der Waals surface area contributed by atoms with Crippen molar-refractivity contribution >= 4 is 42.4 Å². The predicted octanol–water partition coefficient (Wildman–Crippen LogP) is 3.11. The molecule has 0 saturated carbocycles. The fourth-order valence-electron chi connectivity index (χ4n) is 2.56. The van der Waals surface area contributed by atoms with Gasteiger partial charge in [0.2, 0.25) is 0 Å². The summed E-state index contributed by atoms with van der Waals surface area (Å²) in [6.45, 7) is 7.49. The number of fused-ring (bicyclic) bond motifs is 1. The Morgan fingerprint density at radius 2 is 1.42 bits per heavy atom. The molecule has 0 N–H and O–H groups in total. The van der Waals surface area contributed by atoms with Gasteiger partial charge in [-0.15, -0.1) is 0 Å². The van der Waals surface area contributed by atoms with Crippen molar-refractivity contribution in [2.24, 2.45) is 0 Å². The summed E-state index contributed by atoms with van der Waals surface area (Å²) in [6, 6.07) is 20.3. The van der Waals surface area contributed by atoms with E-state index in [1.807, 2.05) is 2.90 Å². The Labute approximate surface area is 124 Å². The average Bonchev–Trinajstić information content (AvgIpc) is 2.79. The Balaban J connectivity index is 2.17. The third-order valence-electron chi connectivity index (χ3n) is 3.49. The first kappa shape index (κ1) is 13.3. The van der Waals surface area contributed by atoms with Crippen molar-refractivity contribution in [3.8, 4) is 0 Å². The van der Waals surface area contributed by atoms with Crippen LogP contribution in [0.3, 0.4) is 0 Å². The molecule has 0 saturated heterocycles. The molecule has 0 radical (unpaired) electrons. The Morgan fingerprint density at radius 3 is 2.11 bits per heavy atom. The van der Waals surface area contributed by atoms with Crippen LogP contribution in [0.4, 0.5) is 0 Å². The molecule has 3 rings (SSSR count). The van der Waals surface area contributed by atoms with Crippen molar-refractivity contribution in [1.29, 1.82) is 0 Å². The summed E-state index contributed by atoms with van der Waals surface area (Å²) in [4.78, 5) is 0. The van der Waals surface area contributed by atoms with E-state index in [9.17, 15) is 0 Å². The Morgan fingerprint density at radius 1 is 0.789 bits per heavy atom. The first-order chi connectivity index (χ1) is 9.07. The van der Waals surface area contributed by atoms with Gasteiger partial charge >= 0.3 is 125 Å². The summed E-state index contributed by atoms with van der Waals surface area (Å²) in [7, 11) is -1.22. The molecule has 2 heteroatoms. The predicted molar refractivity (Wildman–Crippen MR) is 89.2 cm³/mol. The van der Waals surface area contributed by atoms with Crippen molar-refractivity contribution in [2.75, 3.05) is 0 Å². The molecule has 0 fully saturated rings. The number of rotatable bonds is 2. The Kier molecular flexibility index (Phi) is 3.49. The third kappa shape index (κ3) is 2.49. The van der Waals surface area contributed by atoms with Gasteiger partial charge in [-0.25, -0.2) is 0 Å². The molecule has 19 heavy (non-hydrogen) atoms. The van der Waals surface area contributed by atoms with Crippen LogP contribution < -0.4 is 6.54 Å². The van der Waals surface area contributed by atoms with Crippen LogP contribution in [0.5, 0.6) is 0 Å². The van der Waals surface area contributed by atoms with Gasteiger partial charge in [-0.05, 0) is 0 Å². The van der Waals surface area contributed by atoms with Gasteiger partial charge in [-0.2, -0.15) is 0 Å². The molecule has 2 aromatic carbocycles. The van der Waals surface area contributed by atoms with Crippen LogP contribution in [0.1, 0.15) is 5.56 Å². The fraction of sp³-hybridized carbons (Fsp3) is 0.176. The molecule has 0 atom stereocenters. The minimum absolute atomic E-state index is 1.22. The Hall–Kier alpha value is -0.720. The molecule has 0 aliphatic carbocycles. The van der Waals surface area contributed by atoms with E-state index in [1.54, 1.807) is 6.54 Å². The summed E-state index contributed by atoms with van der Waals surface area (Å²) < 4.78 is 5.17. The van der Waals surface area contributed by atoms with E-state index in [4.69, 9.17) is 0 Å². The molecule has 0 spiro atoms. The van der Waals surface area contributed by atoms with Crippen molar-refractivity contribution in [3.63, 3.8) is 0 Å². The second-order valence-electron chi connectivity index (χ2n) is 6.01. The van der Waals surface area contributed by atoms with Crippen LogP contribution in [0.2, 0.25) is 19.6 Å². The van der Waals surface area contributed by atoms with E-state index in [-0.39, 0.29) is 0 Å². The van der Waals surface area contributed by atoms with Gasteiger partial charge < -0.3 is 0 Å². The van der Waals surface area contributed by atoms with Gasteiger partial charge in [-0.3, -0.25) is 0 Å². The molecule has 0 amide bonds. The maximum absolute atomic E-state index is 2.53. The molecule has 0 unspecified atom stereocenters. The molecule has 96 valence electrons. The summed E-state index contributed by atoms with van der Waals surface area (Å²) in [5.41, 5.74) is 1.50. The zero-order chi connectivity index (χ0) is 13.5. The second kappa shape index (κ2) is 5.00. The first-order valence-electron chi connectivity index (χ1n) is 6.74. The molecular weight excluding hydrogens is 441 g/mol. The fourth-order valence-corrected chi connectivity index (χ4v) is 22.3. The van der Waals surface area contributed by atoms with Crippen LogP contribution in [-0.2, 0) is 0 Å². The van der Waals surface area contributed by atoms with Crippen LogP contribution in [0.15, 0.2) is 57.5 Å². The van der Waals surface area contributed by atoms with Crippen LogP contribution >= 0.6 is 0 Å². The van der Waals surface area contributed by atoms with Crippen LogP contribution in [0, 0.1) is 0 Å². The van der Waals surface area contributed by atoms with E-state index in [0.717, 1.165) is 0 Å². The molecule has 1 aliphatic heterocycles. The monoisotopic (exact) mass is 460 g/mol. The van der Waals surface area contributed by atoms with Gasteiger partial charge in [0.05, 0.1) is 0 Å². The zero-order valence-corrected chi connectivity index (χ0v) is 16.2. The summed E-state index contributed by atoms with van der Waals surface area (Å²) >= 11 is -1.91. The second-order valence-corrected chi connectivity index (χ2v) is 21.1. The van der Waals surface area contributed by atoms with Crippen molar-refractivity contribution in [2.45, 2.75) is 19.6 Å². The third-order valence-corrected chi connectivity index (χ3v) is 24.0. The molecule has 1 heterocycles. The molecule has 2 aromatic rings. The van der Waals surface area contributed by atoms with Gasteiger partial charge in [0.15, 0.2) is 0 Å².